The summed E-state index contributed by atoms with van der Waals surface area (Å²) in [5.41, 5.74) is 6.47. The lowest BCUT2D eigenvalue weighted by Gasteiger charge is -2.29. The SMILES string of the molecule is CC(C)CN(C)C(CN)c1cccc(OC(F)(F)F)c1. The van der Waals surface area contributed by atoms with Crippen molar-refractivity contribution in [3.63, 3.8) is 0 Å². The van der Waals surface area contributed by atoms with Gasteiger partial charge in [0.1, 0.15) is 5.75 Å². The van der Waals surface area contributed by atoms with Gasteiger partial charge in [-0.25, -0.2) is 0 Å². The lowest BCUT2D eigenvalue weighted by Crippen LogP contribution is -2.33. The normalized spacial score (nSPS) is 13.8. The molecule has 0 heterocycles. The van der Waals surface area contributed by atoms with Gasteiger partial charge in [-0.3, -0.25) is 4.90 Å². The first-order valence-corrected chi connectivity index (χ1v) is 6.49. The Morgan fingerprint density at radius 1 is 1.30 bits per heavy atom. The Labute approximate surface area is 117 Å². The Balaban J connectivity index is 2.90. The fourth-order valence-electron chi connectivity index (χ4n) is 2.19. The average Bonchev–Trinajstić information content (AvgIpc) is 2.26. The van der Waals surface area contributed by atoms with Crippen LogP contribution in [0.2, 0.25) is 0 Å². The molecule has 0 saturated carbocycles. The molecule has 1 rings (SSSR count). The van der Waals surface area contributed by atoms with E-state index in [9.17, 15) is 13.2 Å². The van der Waals surface area contributed by atoms with Gasteiger partial charge < -0.3 is 10.5 Å². The molecule has 114 valence electrons. The largest absolute Gasteiger partial charge is 0.573 e. The van der Waals surface area contributed by atoms with Crippen LogP contribution < -0.4 is 10.5 Å². The highest BCUT2D eigenvalue weighted by atomic mass is 19.4. The highest BCUT2D eigenvalue weighted by Gasteiger charge is 2.31. The van der Waals surface area contributed by atoms with Crippen molar-refractivity contribution in [2.24, 2.45) is 11.7 Å². The van der Waals surface area contributed by atoms with Crippen LogP contribution in [-0.2, 0) is 0 Å². The zero-order valence-corrected chi connectivity index (χ0v) is 11.9. The van der Waals surface area contributed by atoms with Gasteiger partial charge in [0.2, 0.25) is 0 Å². The minimum atomic E-state index is -4.68. The van der Waals surface area contributed by atoms with Crippen LogP contribution in [0.3, 0.4) is 0 Å². The summed E-state index contributed by atoms with van der Waals surface area (Å²) in [6, 6.07) is 5.85. The molecule has 1 atom stereocenters. The molecule has 0 aliphatic rings. The maximum absolute atomic E-state index is 12.2. The van der Waals surface area contributed by atoms with E-state index in [1.165, 1.54) is 12.1 Å². The van der Waals surface area contributed by atoms with Crippen LogP contribution in [0.25, 0.3) is 0 Å². The van der Waals surface area contributed by atoms with E-state index in [1.807, 2.05) is 11.9 Å². The molecule has 3 nitrogen and oxygen atoms in total. The number of ether oxygens (including phenoxy) is 1. The van der Waals surface area contributed by atoms with E-state index in [-0.39, 0.29) is 11.8 Å². The smallest absolute Gasteiger partial charge is 0.406 e. The molecule has 0 bridgehead atoms. The van der Waals surface area contributed by atoms with Gasteiger partial charge in [0.05, 0.1) is 0 Å². The fraction of sp³-hybridized carbons (Fsp3) is 0.571. The summed E-state index contributed by atoms with van der Waals surface area (Å²) in [5, 5.41) is 0. The minimum absolute atomic E-state index is 0.130. The lowest BCUT2D eigenvalue weighted by molar-refractivity contribution is -0.274. The van der Waals surface area contributed by atoms with Crippen LogP contribution >= 0.6 is 0 Å². The van der Waals surface area contributed by atoms with E-state index in [2.05, 4.69) is 18.6 Å². The monoisotopic (exact) mass is 290 g/mol. The van der Waals surface area contributed by atoms with Gasteiger partial charge in [-0.2, -0.15) is 0 Å². The van der Waals surface area contributed by atoms with Gasteiger partial charge in [-0.1, -0.05) is 26.0 Å². The summed E-state index contributed by atoms with van der Waals surface area (Å²) in [6.45, 7) is 5.30. The van der Waals surface area contributed by atoms with E-state index in [4.69, 9.17) is 5.73 Å². The highest BCUT2D eigenvalue weighted by Crippen LogP contribution is 2.27. The zero-order valence-electron chi connectivity index (χ0n) is 11.9. The molecule has 0 aliphatic heterocycles. The van der Waals surface area contributed by atoms with Crippen LogP contribution in [0, 0.1) is 5.92 Å². The van der Waals surface area contributed by atoms with Crippen molar-refractivity contribution in [3.05, 3.63) is 29.8 Å². The number of nitrogens with two attached hydrogens (primary N) is 1. The fourth-order valence-corrected chi connectivity index (χ4v) is 2.19. The number of hydrogen-bond donors (Lipinski definition) is 1. The number of benzene rings is 1. The zero-order chi connectivity index (χ0) is 15.3. The molecular formula is C14H21F3N2O. The molecule has 0 radical (unpaired) electrons. The van der Waals surface area contributed by atoms with Crippen molar-refractivity contribution < 1.29 is 17.9 Å². The standard InChI is InChI=1S/C14H21F3N2O/c1-10(2)9-19(3)13(8-18)11-5-4-6-12(7-11)20-14(15,16)17/h4-7,10,13H,8-9,18H2,1-3H3. The summed E-state index contributed by atoms with van der Waals surface area (Å²) in [7, 11) is 1.91. The molecule has 0 amide bonds. The summed E-state index contributed by atoms with van der Waals surface area (Å²) in [5.74, 6) is 0.232. The van der Waals surface area contributed by atoms with Crippen molar-refractivity contribution in [3.8, 4) is 5.75 Å². The third-order valence-electron chi connectivity index (χ3n) is 2.88. The second-order valence-corrected chi connectivity index (χ2v) is 5.21. The number of halogens is 3. The van der Waals surface area contributed by atoms with Gasteiger partial charge in [-0.15, -0.1) is 13.2 Å². The van der Waals surface area contributed by atoms with Crippen molar-refractivity contribution in [1.82, 2.24) is 4.90 Å². The minimum Gasteiger partial charge on any atom is -0.406 e. The molecule has 0 saturated heterocycles. The molecule has 20 heavy (non-hydrogen) atoms. The van der Waals surface area contributed by atoms with Crippen LogP contribution in [0.15, 0.2) is 24.3 Å². The second-order valence-electron chi connectivity index (χ2n) is 5.21. The predicted molar refractivity (Wildman–Crippen MR) is 72.4 cm³/mol. The Morgan fingerprint density at radius 2 is 1.95 bits per heavy atom. The van der Waals surface area contributed by atoms with Crippen molar-refractivity contribution in [2.75, 3.05) is 20.1 Å². The first-order chi connectivity index (χ1) is 9.23. The van der Waals surface area contributed by atoms with Crippen molar-refractivity contribution >= 4 is 0 Å². The Bertz CT molecular complexity index is 421. The van der Waals surface area contributed by atoms with Crippen LogP contribution in [0.4, 0.5) is 13.2 Å². The maximum atomic E-state index is 12.2. The molecule has 2 N–H and O–H groups in total. The third kappa shape index (κ3) is 5.38. The molecule has 0 aliphatic carbocycles. The Morgan fingerprint density at radius 3 is 2.45 bits per heavy atom. The first kappa shape index (κ1) is 16.8. The molecule has 0 spiro atoms. The van der Waals surface area contributed by atoms with Gasteiger partial charge in [0.15, 0.2) is 0 Å². The maximum Gasteiger partial charge on any atom is 0.573 e. The molecule has 1 aromatic carbocycles. The van der Waals surface area contributed by atoms with E-state index in [0.717, 1.165) is 12.1 Å². The van der Waals surface area contributed by atoms with Gasteiger partial charge in [0.25, 0.3) is 0 Å². The van der Waals surface area contributed by atoms with Gasteiger partial charge >= 0.3 is 6.36 Å². The molecule has 0 aromatic heterocycles. The quantitative estimate of drug-likeness (QED) is 0.874. The average molecular weight is 290 g/mol. The lowest BCUT2D eigenvalue weighted by atomic mass is 10.0. The topological polar surface area (TPSA) is 38.5 Å². The first-order valence-electron chi connectivity index (χ1n) is 6.49. The summed E-state index contributed by atoms with van der Waals surface area (Å²) in [4.78, 5) is 2.04. The van der Waals surface area contributed by atoms with E-state index in [0.29, 0.717) is 12.5 Å². The van der Waals surface area contributed by atoms with Crippen molar-refractivity contribution in [1.29, 1.82) is 0 Å². The third-order valence-corrected chi connectivity index (χ3v) is 2.88. The number of alkyl halides is 3. The summed E-state index contributed by atoms with van der Waals surface area (Å²) < 4.78 is 40.6. The van der Waals surface area contributed by atoms with Crippen molar-refractivity contribution in [2.45, 2.75) is 26.3 Å². The molecule has 1 aromatic rings. The highest BCUT2D eigenvalue weighted by molar-refractivity contribution is 5.31. The van der Waals surface area contributed by atoms with Crippen LogP contribution in [0.1, 0.15) is 25.5 Å². The second kappa shape index (κ2) is 6.95. The number of likely N-dealkylation sites (N-methyl/N-ethyl adjacent to an activating group) is 1. The van der Waals surface area contributed by atoms with Gasteiger partial charge in [-0.05, 0) is 30.7 Å². The summed E-state index contributed by atoms with van der Waals surface area (Å²) >= 11 is 0. The summed E-state index contributed by atoms with van der Waals surface area (Å²) in [6.07, 6.45) is -4.68. The van der Waals surface area contributed by atoms with E-state index in [1.54, 1.807) is 12.1 Å². The van der Waals surface area contributed by atoms with Gasteiger partial charge in [0, 0.05) is 19.1 Å². The molecule has 0 fully saturated rings. The molecule has 6 heteroatoms. The number of rotatable bonds is 6. The molecule has 1 unspecified atom stereocenters. The Kier molecular flexibility index (Phi) is 5.83. The van der Waals surface area contributed by atoms with Crippen LogP contribution in [-0.4, -0.2) is 31.4 Å². The molecular weight excluding hydrogens is 269 g/mol. The predicted octanol–water partition coefficient (Wildman–Crippen LogP) is 3.17. The van der Waals surface area contributed by atoms with Crippen LogP contribution in [0.5, 0.6) is 5.75 Å². The van der Waals surface area contributed by atoms with E-state index < -0.39 is 6.36 Å². The Hall–Kier alpha value is -1.27. The van der Waals surface area contributed by atoms with E-state index >= 15 is 0 Å². The number of hydrogen-bond acceptors (Lipinski definition) is 3. The number of nitrogens with zero attached hydrogens (tertiary/aromatic N) is 1.